The average molecular weight is 205 g/mol. The largest absolute Gasteiger partial charge is 0.472 e. The van der Waals surface area contributed by atoms with Crippen molar-refractivity contribution < 1.29 is 4.42 Å². The molecule has 2 unspecified atom stereocenters. The summed E-state index contributed by atoms with van der Waals surface area (Å²) in [6.07, 6.45) is 11.9. The van der Waals surface area contributed by atoms with Gasteiger partial charge < -0.3 is 9.73 Å². The third kappa shape index (κ3) is 2.96. The van der Waals surface area contributed by atoms with E-state index >= 15 is 0 Å². The van der Waals surface area contributed by atoms with Gasteiger partial charge in [0, 0.05) is 11.6 Å². The zero-order chi connectivity index (χ0) is 10.5. The van der Waals surface area contributed by atoms with Crippen molar-refractivity contribution in [3.05, 3.63) is 36.3 Å². The molecule has 1 N–H and O–H groups in total. The van der Waals surface area contributed by atoms with Gasteiger partial charge in [-0.15, -0.1) is 0 Å². The van der Waals surface area contributed by atoms with Crippen molar-refractivity contribution in [2.24, 2.45) is 5.92 Å². The summed E-state index contributed by atoms with van der Waals surface area (Å²) < 4.78 is 5.08. The van der Waals surface area contributed by atoms with Gasteiger partial charge in [0.25, 0.3) is 0 Å². The molecule has 0 bridgehead atoms. The van der Waals surface area contributed by atoms with Crippen LogP contribution in [0.15, 0.2) is 35.2 Å². The molecule has 0 saturated heterocycles. The third-order valence-corrected chi connectivity index (χ3v) is 3.13. The Bertz CT molecular complexity index is 302. The average Bonchev–Trinajstić information content (AvgIpc) is 2.81. The van der Waals surface area contributed by atoms with Crippen LogP contribution in [0.25, 0.3) is 0 Å². The van der Waals surface area contributed by atoms with Crippen LogP contribution in [0.2, 0.25) is 0 Å². The quantitative estimate of drug-likeness (QED) is 0.763. The lowest BCUT2D eigenvalue weighted by molar-refractivity contribution is 0.414. The standard InChI is InChI=1S/C13H19NO/c1-11(13-7-8-15-10-13)14-9-12-5-3-2-4-6-12/h2-3,7-8,10-12,14H,4-6,9H2,1H3. The van der Waals surface area contributed by atoms with Crippen LogP contribution in [0.3, 0.4) is 0 Å². The van der Waals surface area contributed by atoms with Crippen molar-refractivity contribution in [1.82, 2.24) is 5.32 Å². The molecular formula is C13H19NO. The molecular weight excluding hydrogens is 186 g/mol. The van der Waals surface area contributed by atoms with E-state index in [2.05, 4.69) is 24.4 Å². The molecule has 1 aromatic rings. The maximum Gasteiger partial charge on any atom is 0.0950 e. The van der Waals surface area contributed by atoms with Crippen LogP contribution in [0.4, 0.5) is 0 Å². The second-order valence-electron chi connectivity index (χ2n) is 4.34. The van der Waals surface area contributed by atoms with Crippen LogP contribution in [0, 0.1) is 5.92 Å². The van der Waals surface area contributed by atoms with E-state index in [9.17, 15) is 0 Å². The second kappa shape index (κ2) is 5.17. The molecule has 15 heavy (non-hydrogen) atoms. The van der Waals surface area contributed by atoms with E-state index in [0.29, 0.717) is 6.04 Å². The highest BCUT2D eigenvalue weighted by molar-refractivity contribution is 5.10. The fourth-order valence-electron chi connectivity index (χ4n) is 2.02. The van der Waals surface area contributed by atoms with Gasteiger partial charge in [-0.3, -0.25) is 0 Å². The van der Waals surface area contributed by atoms with Crippen LogP contribution < -0.4 is 5.32 Å². The Kier molecular flexibility index (Phi) is 3.62. The van der Waals surface area contributed by atoms with Gasteiger partial charge in [0.2, 0.25) is 0 Å². The lowest BCUT2D eigenvalue weighted by Gasteiger charge is -2.20. The Hall–Kier alpha value is -1.02. The summed E-state index contributed by atoms with van der Waals surface area (Å²) in [5, 5.41) is 3.56. The van der Waals surface area contributed by atoms with E-state index < -0.39 is 0 Å². The van der Waals surface area contributed by atoms with Gasteiger partial charge in [0.15, 0.2) is 0 Å². The predicted molar refractivity (Wildman–Crippen MR) is 61.6 cm³/mol. The number of hydrogen-bond acceptors (Lipinski definition) is 2. The monoisotopic (exact) mass is 205 g/mol. The zero-order valence-electron chi connectivity index (χ0n) is 9.28. The van der Waals surface area contributed by atoms with E-state index in [-0.39, 0.29) is 0 Å². The fraction of sp³-hybridized carbons (Fsp3) is 0.538. The Morgan fingerprint density at radius 1 is 1.53 bits per heavy atom. The summed E-state index contributed by atoms with van der Waals surface area (Å²) in [6.45, 7) is 3.29. The van der Waals surface area contributed by atoms with Gasteiger partial charge in [-0.05, 0) is 44.7 Å². The molecule has 2 rings (SSSR count). The Morgan fingerprint density at radius 2 is 2.47 bits per heavy atom. The molecule has 2 nitrogen and oxygen atoms in total. The number of furan rings is 1. The number of allylic oxidation sites excluding steroid dienone is 2. The molecule has 1 heterocycles. The summed E-state index contributed by atoms with van der Waals surface area (Å²) >= 11 is 0. The van der Waals surface area contributed by atoms with Crippen molar-refractivity contribution in [3.63, 3.8) is 0 Å². The summed E-state index contributed by atoms with van der Waals surface area (Å²) in [4.78, 5) is 0. The zero-order valence-corrected chi connectivity index (χ0v) is 9.28. The van der Waals surface area contributed by atoms with E-state index in [1.54, 1.807) is 6.26 Å². The van der Waals surface area contributed by atoms with E-state index in [1.165, 1.54) is 24.8 Å². The lowest BCUT2D eigenvalue weighted by Crippen LogP contribution is -2.26. The van der Waals surface area contributed by atoms with Crippen LogP contribution in [0.5, 0.6) is 0 Å². The first-order chi connectivity index (χ1) is 7.36. The van der Waals surface area contributed by atoms with Gasteiger partial charge >= 0.3 is 0 Å². The second-order valence-corrected chi connectivity index (χ2v) is 4.34. The highest BCUT2D eigenvalue weighted by Gasteiger charge is 2.12. The van der Waals surface area contributed by atoms with Crippen LogP contribution in [-0.2, 0) is 0 Å². The summed E-state index contributed by atoms with van der Waals surface area (Å²) in [5.41, 5.74) is 1.24. The lowest BCUT2D eigenvalue weighted by atomic mass is 9.94. The molecule has 0 aliphatic heterocycles. The van der Waals surface area contributed by atoms with E-state index in [1.807, 2.05) is 12.3 Å². The molecule has 0 saturated carbocycles. The van der Waals surface area contributed by atoms with Gasteiger partial charge in [-0.25, -0.2) is 0 Å². The molecule has 82 valence electrons. The number of hydrogen-bond donors (Lipinski definition) is 1. The minimum absolute atomic E-state index is 0.398. The Labute approximate surface area is 91.4 Å². The Morgan fingerprint density at radius 3 is 3.13 bits per heavy atom. The maximum atomic E-state index is 5.08. The summed E-state index contributed by atoms with van der Waals surface area (Å²) in [7, 11) is 0. The third-order valence-electron chi connectivity index (χ3n) is 3.13. The first-order valence-electron chi connectivity index (χ1n) is 5.76. The van der Waals surface area contributed by atoms with Gasteiger partial charge in [-0.1, -0.05) is 12.2 Å². The molecule has 2 heteroatoms. The van der Waals surface area contributed by atoms with Gasteiger partial charge in [0.05, 0.1) is 12.5 Å². The SMILES string of the molecule is CC(NCC1CC=CCC1)c1ccoc1. The Balaban J connectivity index is 1.75. The van der Waals surface area contributed by atoms with Crippen molar-refractivity contribution >= 4 is 0 Å². The molecule has 1 aliphatic rings. The van der Waals surface area contributed by atoms with Gasteiger partial charge in [0.1, 0.15) is 0 Å². The van der Waals surface area contributed by atoms with Crippen LogP contribution in [0.1, 0.15) is 37.8 Å². The molecule has 0 radical (unpaired) electrons. The molecule has 0 spiro atoms. The van der Waals surface area contributed by atoms with Crippen molar-refractivity contribution in [2.45, 2.75) is 32.2 Å². The topological polar surface area (TPSA) is 25.2 Å². The molecule has 2 atom stereocenters. The fourth-order valence-corrected chi connectivity index (χ4v) is 2.02. The van der Waals surface area contributed by atoms with Crippen LogP contribution in [-0.4, -0.2) is 6.54 Å². The summed E-state index contributed by atoms with van der Waals surface area (Å²) in [6, 6.07) is 2.42. The highest BCUT2D eigenvalue weighted by atomic mass is 16.3. The predicted octanol–water partition coefficient (Wildman–Crippen LogP) is 3.29. The minimum Gasteiger partial charge on any atom is -0.472 e. The first kappa shape index (κ1) is 10.5. The maximum absolute atomic E-state index is 5.08. The molecule has 0 aromatic carbocycles. The summed E-state index contributed by atoms with van der Waals surface area (Å²) in [5.74, 6) is 0.810. The van der Waals surface area contributed by atoms with E-state index in [0.717, 1.165) is 12.5 Å². The molecule has 0 amide bonds. The first-order valence-corrected chi connectivity index (χ1v) is 5.76. The van der Waals surface area contributed by atoms with Crippen LogP contribution >= 0.6 is 0 Å². The minimum atomic E-state index is 0.398. The van der Waals surface area contributed by atoms with Gasteiger partial charge in [-0.2, -0.15) is 0 Å². The smallest absolute Gasteiger partial charge is 0.0950 e. The van der Waals surface area contributed by atoms with Crippen molar-refractivity contribution in [2.75, 3.05) is 6.54 Å². The molecule has 0 fully saturated rings. The molecule has 1 aliphatic carbocycles. The van der Waals surface area contributed by atoms with Crippen molar-refractivity contribution in [3.8, 4) is 0 Å². The highest BCUT2D eigenvalue weighted by Crippen LogP contribution is 2.19. The van der Waals surface area contributed by atoms with E-state index in [4.69, 9.17) is 4.42 Å². The normalized spacial score (nSPS) is 22.9. The molecule has 1 aromatic heterocycles. The van der Waals surface area contributed by atoms with Crippen molar-refractivity contribution in [1.29, 1.82) is 0 Å². The number of rotatable bonds is 4. The number of nitrogens with one attached hydrogen (secondary N) is 1.